The number of nitrogens with zero attached hydrogens (tertiary/aromatic N) is 4. The number of aromatic nitrogens is 1. The molecule has 32 heavy (non-hydrogen) atoms. The standard InChI is InChI=1S/C23H22FN5O2S/c24-20-3-5-21(6-4-20)28-11-13-29(14-12-28)23-15-19(9-10-26-23)17-27-32(30,31)22-7-1-18(16-25)2-8-22/h1-10,15,27H,11-14,17H2. The first kappa shape index (κ1) is 21.7. The van der Waals surface area contributed by atoms with Gasteiger partial charge in [0, 0.05) is 44.6 Å². The highest BCUT2D eigenvalue weighted by Gasteiger charge is 2.19. The summed E-state index contributed by atoms with van der Waals surface area (Å²) in [6.45, 7) is 3.20. The molecule has 1 aliphatic rings. The molecule has 164 valence electrons. The van der Waals surface area contributed by atoms with Crippen LogP contribution in [-0.2, 0) is 16.6 Å². The minimum Gasteiger partial charge on any atom is -0.368 e. The average Bonchev–Trinajstić information content (AvgIpc) is 2.84. The minimum atomic E-state index is -3.69. The zero-order chi connectivity index (χ0) is 22.6. The van der Waals surface area contributed by atoms with Gasteiger partial charge in [-0.25, -0.2) is 22.5 Å². The van der Waals surface area contributed by atoms with Crippen LogP contribution in [0.2, 0.25) is 0 Å². The SMILES string of the molecule is N#Cc1ccc(S(=O)(=O)NCc2ccnc(N3CCN(c4ccc(F)cc4)CC3)c2)cc1. The lowest BCUT2D eigenvalue weighted by atomic mass is 10.2. The maximum absolute atomic E-state index is 13.1. The zero-order valence-corrected chi connectivity index (χ0v) is 18.1. The van der Waals surface area contributed by atoms with Gasteiger partial charge in [-0.1, -0.05) is 0 Å². The summed E-state index contributed by atoms with van der Waals surface area (Å²) in [4.78, 5) is 8.91. The highest BCUT2D eigenvalue weighted by molar-refractivity contribution is 7.89. The second-order valence-electron chi connectivity index (χ2n) is 7.43. The lowest BCUT2D eigenvalue weighted by Crippen LogP contribution is -2.46. The smallest absolute Gasteiger partial charge is 0.240 e. The first-order valence-electron chi connectivity index (χ1n) is 10.1. The van der Waals surface area contributed by atoms with Crippen LogP contribution in [0.15, 0.2) is 71.8 Å². The summed E-state index contributed by atoms with van der Waals surface area (Å²) in [6, 6.07) is 17.9. The molecule has 1 saturated heterocycles. The summed E-state index contributed by atoms with van der Waals surface area (Å²) in [5.74, 6) is 0.544. The third kappa shape index (κ3) is 5.04. The van der Waals surface area contributed by atoms with Gasteiger partial charge < -0.3 is 9.80 Å². The minimum absolute atomic E-state index is 0.114. The van der Waals surface area contributed by atoms with Gasteiger partial charge in [0.05, 0.1) is 16.5 Å². The van der Waals surface area contributed by atoms with Crippen molar-refractivity contribution in [2.24, 2.45) is 0 Å². The number of nitrogens with one attached hydrogen (secondary N) is 1. The van der Waals surface area contributed by atoms with Crippen LogP contribution in [0.1, 0.15) is 11.1 Å². The predicted molar refractivity (Wildman–Crippen MR) is 120 cm³/mol. The second-order valence-corrected chi connectivity index (χ2v) is 9.20. The Kier molecular flexibility index (Phi) is 6.35. The van der Waals surface area contributed by atoms with Gasteiger partial charge in [-0.15, -0.1) is 0 Å². The van der Waals surface area contributed by atoms with E-state index in [4.69, 9.17) is 5.26 Å². The van der Waals surface area contributed by atoms with E-state index >= 15 is 0 Å². The molecule has 0 amide bonds. The van der Waals surface area contributed by atoms with E-state index in [1.54, 1.807) is 24.4 Å². The number of hydrogen-bond donors (Lipinski definition) is 1. The molecule has 0 spiro atoms. The molecular weight excluding hydrogens is 429 g/mol. The number of halogens is 1. The highest BCUT2D eigenvalue weighted by atomic mass is 32.2. The number of benzene rings is 2. The fraction of sp³-hybridized carbons (Fsp3) is 0.217. The van der Waals surface area contributed by atoms with E-state index in [9.17, 15) is 12.8 Å². The first-order valence-corrected chi connectivity index (χ1v) is 11.6. The van der Waals surface area contributed by atoms with Crippen molar-refractivity contribution < 1.29 is 12.8 Å². The Balaban J connectivity index is 1.37. The van der Waals surface area contributed by atoms with E-state index in [2.05, 4.69) is 19.5 Å². The third-order valence-corrected chi connectivity index (χ3v) is 6.78. The molecule has 7 nitrogen and oxygen atoms in total. The fourth-order valence-electron chi connectivity index (χ4n) is 3.56. The van der Waals surface area contributed by atoms with Crippen molar-refractivity contribution in [3.05, 3.63) is 83.8 Å². The Labute approximate surface area is 186 Å². The molecule has 2 heterocycles. The van der Waals surface area contributed by atoms with Crippen molar-refractivity contribution in [2.75, 3.05) is 36.0 Å². The van der Waals surface area contributed by atoms with Crippen molar-refractivity contribution >= 4 is 21.5 Å². The van der Waals surface area contributed by atoms with Crippen LogP contribution >= 0.6 is 0 Å². The lowest BCUT2D eigenvalue weighted by molar-refractivity contribution is 0.581. The molecular formula is C23H22FN5O2S. The first-order chi connectivity index (χ1) is 15.4. The summed E-state index contributed by atoms with van der Waals surface area (Å²) < 4.78 is 40.8. The molecule has 3 aromatic rings. The third-order valence-electron chi connectivity index (χ3n) is 5.37. The van der Waals surface area contributed by atoms with Crippen LogP contribution in [0.4, 0.5) is 15.9 Å². The summed E-state index contributed by atoms with van der Waals surface area (Å²) in [7, 11) is -3.69. The molecule has 0 bridgehead atoms. The number of nitriles is 1. The van der Waals surface area contributed by atoms with E-state index in [-0.39, 0.29) is 17.3 Å². The normalized spacial score (nSPS) is 14.2. The van der Waals surface area contributed by atoms with E-state index in [1.807, 2.05) is 12.1 Å². The van der Waals surface area contributed by atoms with E-state index in [0.717, 1.165) is 43.2 Å². The van der Waals surface area contributed by atoms with Crippen molar-refractivity contribution in [2.45, 2.75) is 11.4 Å². The molecule has 2 aromatic carbocycles. The maximum atomic E-state index is 13.1. The Morgan fingerprint density at radius 1 is 0.969 bits per heavy atom. The van der Waals surface area contributed by atoms with Crippen LogP contribution in [0.3, 0.4) is 0 Å². The van der Waals surface area contributed by atoms with E-state index < -0.39 is 10.0 Å². The van der Waals surface area contributed by atoms with Crippen LogP contribution in [0.5, 0.6) is 0 Å². The average molecular weight is 452 g/mol. The van der Waals surface area contributed by atoms with Gasteiger partial charge in [-0.2, -0.15) is 5.26 Å². The van der Waals surface area contributed by atoms with Gasteiger partial charge in [-0.3, -0.25) is 0 Å². The predicted octanol–water partition coefficient (Wildman–Crippen LogP) is 2.90. The highest BCUT2D eigenvalue weighted by Crippen LogP contribution is 2.20. The lowest BCUT2D eigenvalue weighted by Gasteiger charge is -2.36. The monoisotopic (exact) mass is 451 g/mol. The van der Waals surface area contributed by atoms with Gasteiger partial charge in [0.15, 0.2) is 0 Å². The Hall–Kier alpha value is -3.48. The number of anilines is 2. The number of pyridine rings is 1. The van der Waals surface area contributed by atoms with Crippen molar-refractivity contribution in [1.29, 1.82) is 5.26 Å². The molecule has 1 aliphatic heterocycles. The molecule has 1 aromatic heterocycles. The van der Waals surface area contributed by atoms with Crippen molar-refractivity contribution in [1.82, 2.24) is 9.71 Å². The van der Waals surface area contributed by atoms with Gasteiger partial charge in [-0.05, 0) is 66.2 Å². The summed E-state index contributed by atoms with van der Waals surface area (Å²) in [5.41, 5.74) is 2.19. The number of rotatable bonds is 6. The molecule has 0 aliphatic carbocycles. The molecule has 1 fully saturated rings. The zero-order valence-electron chi connectivity index (χ0n) is 17.3. The Morgan fingerprint density at radius 3 is 2.28 bits per heavy atom. The van der Waals surface area contributed by atoms with Gasteiger partial charge in [0.25, 0.3) is 0 Å². The number of sulfonamides is 1. The molecule has 4 rings (SSSR count). The quantitative estimate of drug-likeness (QED) is 0.620. The van der Waals surface area contributed by atoms with Crippen molar-refractivity contribution in [3.63, 3.8) is 0 Å². The van der Waals surface area contributed by atoms with E-state index in [0.29, 0.717) is 5.56 Å². The molecule has 0 atom stereocenters. The summed E-state index contributed by atoms with van der Waals surface area (Å²) in [6.07, 6.45) is 1.67. The van der Waals surface area contributed by atoms with Crippen LogP contribution < -0.4 is 14.5 Å². The van der Waals surface area contributed by atoms with Crippen LogP contribution in [-0.4, -0.2) is 39.6 Å². The Morgan fingerprint density at radius 2 is 1.62 bits per heavy atom. The summed E-state index contributed by atoms with van der Waals surface area (Å²) in [5, 5.41) is 8.86. The fourth-order valence-corrected chi connectivity index (χ4v) is 4.58. The van der Waals surface area contributed by atoms with Gasteiger partial charge in [0.2, 0.25) is 10.0 Å². The van der Waals surface area contributed by atoms with Crippen LogP contribution in [0.25, 0.3) is 0 Å². The largest absolute Gasteiger partial charge is 0.368 e. The number of piperazine rings is 1. The molecule has 9 heteroatoms. The maximum Gasteiger partial charge on any atom is 0.240 e. The van der Waals surface area contributed by atoms with Gasteiger partial charge >= 0.3 is 0 Å². The molecule has 0 saturated carbocycles. The Bertz CT molecular complexity index is 1220. The summed E-state index contributed by atoms with van der Waals surface area (Å²) >= 11 is 0. The van der Waals surface area contributed by atoms with E-state index in [1.165, 1.54) is 36.4 Å². The molecule has 0 radical (unpaired) electrons. The van der Waals surface area contributed by atoms with Crippen molar-refractivity contribution in [3.8, 4) is 6.07 Å². The van der Waals surface area contributed by atoms with Gasteiger partial charge in [0.1, 0.15) is 11.6 Å². The molecule has 1 N–H and O–H groups in total. The molecule has 0 unspecified atom stereocenters. The number of hydrogen-bond acceptors (Lipinski definition) is 6. The van der Waals surface area contributed by atoms with Crippen LogP contribution in [0, 0.1) is 17.1 Å². The second kappa shape index (κ2) is 9.34. The topological polar surface area (TPSA) is 89.3 Å².